The smallest absolute Gasteiger partial charge is 0.254 e. The third kappa shape index (κ3) is 6.05. The van der Waals surface area contributed by atoms with Crippen LogP contribution in [0.1, 0.15) is 89.6 Å². The molecule has 0 radical (unpaired) electrons. The number of benzene rings is 1. The van der Waals surface area contributed by atoms with Crippen LogP contribution in [0.3, 0.4) is 0 Å². The summed E-state index contributed by atoms with van der Waals surface area (Å²) in [5.41, 5.74) is 4.51. The van der Waals surface area contributed by atoms with Gasteiger partial charge in [-0.2, -0.15) is 0 Å². The van der Waals surface area contributed by atoms with Crippen LogP contribution >= 0.6 is 11.6 Å². The zero-order valence-corrected chi connectivity index (χ0v) is 27.9. The maximum atomic E-state index is 15.6. The van der Waals surface area contributed by atoms with Crippen molar-refractivity contribution in [1.29, 1.82) is 0 Å². The van der Waals surface area contributed by atoms with Gasteiger partial charge in [0.1, 0.15) is 22.8 Å². The molecule has 13 heteroatoms. The van der Waals surface area contributed by atoms with Gasteiger partial charge in [0, 0.05) is 30.6 Å². The standard InChI is InChI=1S/C36H37ClF2N8O2/c1-19-26-10-6-20-15-31(46(33(20)43-26)14-4-2-3-5-27-22(35(48)41-19)9-11-32(37)42-27)34-44-28-16-23(25(39)17-30(28)47(34)21-7-8-21)36(49)45-29-18-40-13-12-24(29)38/h6,9-11,15-17,19,21,24,29,40H,2-5,7-8,12-14,18H2,1H3,(H,41,48)(H,45,49)/t19-,24+,29+/m1/s1. The van der Waals surface area contributed by atoms with E-state index < -0.39 is 23.9 Å². The summed E-state index contributed by atoms with van der Waals surface area (Å²) in [7, 11) is 0. The number of halogens is 3. The Kier molecular flexibility index (Phi) is 8.31. The lowest BCUT2D eigenvalue weighted by Gasteiger charge is -2.27. The maximum Gasteiger partial charge on any atom is 0.254 e. The number of imidazole rings is 1. The number of carbonyl (C=O) groups is 2. The number of alkyl halides is 1. The largest absolute Gasteiger partial charge is 0.345 e. The molecule has 2 amide bonds. The van der Waals surface area contributed by atoms with Crippen LogP contribution in [-0.4, -0.2) is 61.2 Å². The number of aromatic nitrogens is 5. The number of rotatable bonds is 4. The summed E-state index contributed by atoms with van der Waals surface area (Å²) in [5, 5.41) is 10.1. The van der Waals surface area contributed by atoms with Crippen molar-refractivity contribution in [3.63, 3.8) is 0 Å². The molecule has 1 saturated carbocycles. The first-order chi connectivity index (χ1) is 23.7. The lowest BCUT2D eigenvalue weighted by atomic mass is 10.0. The molecule has 1 aliphatic carbocycles. The van der Waals surface area contributed by atoms with Gasteiger partial charge in [-0.3, -0.25) is 9.59 Å². The van der Waals surface area contributed by atoms with E-state index in [0.717, 1.165) is 48.8 Å². The minimum Gasteiger partial charge on any atom is -0.345 e. The fourth-order valence-corrected chi connectivity index (χ4v) is 7.31. The lowest BCUT2D eigenvalue weighted by molar-refractivity contribution is 0.0887. The molecule has 5 aromatic rings. The fourth-order valence-electron chi connectivity index (χ4n) is 7.14. The second-order valence-corrected chi connectivity index (χ2v) is 13.8. The van der Waals surface area contributed by atoms with Crippen LogP contribution in [-0.2, 0) is 13.0 Å². The minimum atomic E-state index is -1.19. The van der Waals surface area contributed by atoms with Crippen molar-refractivity contribution in [3.05, 3.63) is 75.9 Å². The van der Waals surface area contributed by atoms with Crippen molar-refractivity contribution in [3.8, 4) is 11.5 Å². The zero-order chi connectivity index (χ0) is 33.8. The number of hydrogen-bond donors (Lipinski definition) is 3. The summed E-state index contributed by atoms with van der Waals surface area (Å²) < 4.78 is 34.4. The molecule has 6 heterocycles. The molecule has 49 heavy (non-hydrogen) atoms. The SMILES string of the molecule is C[C@H]1NC(=O)c2ccc(Cl)nc2CCCCCn2c(-c3nc4cc(C(=O)N[C@H]5CNCC[C@@H]5F)c(F)cc4n3C3CC3)cc3ccc1nc32. The van der Waals surface area contributed by atoms with Crippen LogP contribution in [0.25, 0.3) is 33.6 Å². The minimum absolute atomic E-state index is 0.154. The van der Waals surface area contributed by atoms with E-state index in [2.05, 4.69) is 36.1 Å². The molecule has 4 aromatic heterocycles. The quantitative estimate of drug-likeness (QED) is 0.193. The van der Waals surface area contributed by atoms with Gasteiger partial charge in [0.15, 0.2) is 5.82 Å². The second-order valence-electron chi connectivity index (χ2n) is 13.4. The topological polar surface area (TPSA) is 119 Å². The Morgan fingerprint density at radius 1 is 1.04 bits per heavy atom. The molecule has 3 N–H and O–H groups in total. The van der Waals surface area contributed by atoms with Gasteiger partial charge >= 0.3 is 0 Å². The predicted molar refractivity (Wildman–Crippen MR) is 183 cm³/mol. The van der Waals surface area contributed by atoms with Crippen molar-refractivity contribution in [2.24, 2.45) is 0 Å². The molecule has 2 bridgehead atoms. The molecule has 8 rings (SSSR count). The van der Waals surface area contributed by atoms with Gasteiger partial charge in [-0.05, 0) is 88.4 Å². The van der Waals surface area contributed by atoms with Gasteiger partial charge in [-0.1, -0.05) is 18.0 Å². The summed E-state index contributed by atoms with van der Waals surface area (Å²) in [4.78, 5) is 41.1. The molecule has 10 nitrogen and oxygen atoms in total. The third-order valence-electron chi connectivity index (χ3n) is 9.92. The van der Waals surface area contributed by atoms with E-state index in [1.54, 1.807) is 12.1 Å². The van der Waals surface area contributed by atoms with Crippen molar-refractivity contribution in [2.45, 2.75) is 82.7 Å². The molecule has 2 fully saturated rings. The summed E-state index contributed by atoms with van der Waals surface area (Å²) in [6.07, 6.45) is 4.14. The number of hydrogen-bond acceptors (Lipinski definition) is 6. The highest BCUT2D eigenvalue weighted by atomic mass is 35.5. The van der Waals surface area contributed by atoms with Gasteiger partial charge in [-0.15, -0.1) is 0 Å². The zero-order valence-electron chi connectivity index (χ0n) is 27.1. The Morgan fingerprint density at radius 3 is 2.71 bits per heavy atom. The molecule has 3 atom stereocenters. The Bertz CT molecular complexity index is 2110. The number of fused-ring (bicyclic) bond motifs is 3. The van der Waals surface area contributed by atoms with Gasteiger partial charge in [0.25, 0.3) is 11.8 Å². The molecular formula is C36H37ClF2N8O2. The summed E-state index contributed by atoms with van der Waals surface area (Å²) in [6, 6.07) is 11.3. The van der Waals surface area contributed by atoms with E-state index in [9.17, 15) is 14.0 Å². The lowest BCUT2D eigenvalue weighted by Crippen LogP contribution is -2.52. The second kappa shape index (κ2) is 12.8. The summed E-state index contributed by atoms with van der Waals surface area (Å²) >= 11 is 6.20. The van der Waals surface area contributed by atoms with E-state index in [4.69, 9.17) is 21.6 Å². The highest BCUT2D eigenvalue weighted by Gasteiger charge is 2.32. The molecule has 0 unspecified atom stereocenters. The van der Waals surface area contributed by atoms with Gasteiger partial charge in [0.05, 0.1) is 51.3 Å². The molecule has 1 aromatic carbocycles. The molecular weight excluding hydrogens is 650 g/mol. The highest BCUT2D eigenvalue weighted by molar-refractivity contribution is 6.29. The number of nitrogens with zero attached hydrogens (tertiary/aromatic N) is 5. The number of amides is 2. The number of carbonyl (C=O) groups excluding carboxylic acids is 2. The average molecular weight is 687 g/mol. The predicted octanol–water partition coefficient (Wildman–Crippen LogP) is 6.22. The van der Waals surface area contributed by atoms with Gasteiger partial charge in [0.2, 0.25) is 0 Å². The Morgan fingerprint density at radius 2 is 1.90 bits per heavy atom. The highest BCUT2D eigenvalue weighted by Crippen LogP contribution is 2.43. The molecule has 3 aliphatic rings. The van der Waals surface area contributed by atoms with Crippen LogP contribution in [0.5, 0.6) is 0 Å². The van der Waals surface area contributed by atoms with Crippen LogP contribution in [0.15, 0.2) is 42.5 Å². The first-order valence-corrected chi connectivity index (χ1v) is 17.5. The van der Waals surface area contributed by atoms with Crippen molar-refractivity contribution >= 4 is 45.5 Å². The van der Waals surface area contributed by atoms with Crippen LogP contribution in [0.4, 0.5) is 8.78 Å². The van der Waals surface area contributed by atoms with E-state index in [0.29, 0.717) is 71.4 Å². The Hall–Kier alpha value is -4.42. The monoisotopic (exact) mass is 686 g/mol. The van der Waals surface area contributed by atoms with Crippen LogP contribution in [0, 0.1) is 5.82 Å². The normalized spacial score (nSPS) is 21.8. The van der Waals surface area contributed by atoms with Gasteiger partial charge < -0.3 is 25.1 Å². The van der Waals surface area contributed by atoms with Crippen molar-refractivity contribution < 1.29 is 18.4 Å². The molecule has 254 valence electrons. The van der Waals surface area contributed by atoms with E-state index in [1.807, 2.05) is 19.1 Å². The maximum absolute atomic E-state index is 15.6. The molecule has 0 spiro atoms. The summed E-state index contributed by atoms with van der Waals surface area (Å²) in [5.74, 6) is -0.859. The first-order valence-electron chi connectivity index (χ1n) is 17.1. The Labute approximate surface area is 286 Å². The number of piperidine rings is 1. The van der Waals surface area contributed by atoms with Crippen LogP contribution in [0.2, 0.25) is 5.15 Å². The average Bonchev–Trinajstić information content (AvgIpc) is 3.76. The van der Waals surface area contributed by atoms with Crippen LogP contribution < -0.4 is 16.0 Å². The van der Waals surface area contributed by atoms with E-state index >= 15 is 4.39 Å². The first kappa shape index (κ1) is 31.8. The van der Waals surface area contributed by atoms with Gasteiger partial charge in [-0.25, -0.2) is 23.7 Å². The summed E-state index contributed by atoms with van der Waals surface area (Å²) in [6.45, 7) is 3.41. The Balaban J connectivity index is 1.19. The third-order valence-corrected chi connectivity index (χ3v) is 10.1. The van der Waals surface area contributed by atoms with Crippen molar-refractivity contribution in [2.75, 3.05) is 13.1 Å². The van der Waals surface area contributed by atoms with Crippen molar-refractivity contribution in [1.82, 2.24) is 40.0 Å². The number of pyridine rings is 2. The van der Waals surface area contributed by atoms with E-state index in [-0.39, 0.29) is 23.6 Å². The molecule has 1 saturated heterocycles. The number of nitrogens with one attached hydrogen (secondary N) is 3. The number of aryl methyl sites for hydroxylation is 2. The van der Waals surface area contributed by atoms with E-state index in [1.165, 1.54) is 12.1 Å². The molecule has 2 aliphatic heterocycles. The fraction of sp³-hybridized carbons (Fsp3) is 0.417.